The number of benzene rings is 2. The van der Waals surface area contributed by atoms with Gasteiger partial charge in [-0.2, -0.15) is 0 Å². The Morgan fingerprint density at radius 2 is 1.14 bits per heavy atom. The van der Waals surface area contributed by atoms with E-state index in [1.807, 2.05) is 23.5 Å². The highest BCUT2D eigenvalue weighted by molar-refractivity contribution is 8.00. The number of ether oxygens (including phenoxy) is 3. The molecule has 3 aliphatic heterocycles. The molecule has 3 saturated heterocycles. The van der Waals surface area contributed by atoms with Crippen LogP contribution in [-0.4, -0.2) is 22.4 Å². The smallest absolute Gasteiger partial charge is 0.174 e. The van der Waals surface area contributed by atoms with E-state index in [0.29, 0.717) is 23.7 Å². The zero-order valence-electron chi connectivity index (χ0n) is 16.0. The Labute approximate surface area is 174 Å². The molecule has 0 amide bonds. The average molecular weight is 413 g/mol. The minimum absolute atomic E-state index is 0.148. The average Bonchev–Trinajstić information content (AvgIpc) is 3.34. The topological polar surface area (TPSA) is 27.7 Å². The minimum Gasteiger partial charge on any atom is -0.335 e. The molecule has 0 unspecified atom stereocenters. The van der Waals surface area contributed by atoms with Gasteiger partial charge in [0, 0.05) is 33.5 Å². The van der Waals surface area contributed by atoms with Gasteiger partial charge in [0.05, 0.1) is 0 Å². The Morgan fingerprint density at radius 1 is 0.714 bits per heavy atom. The highest BCUT2D eigenvalue weighted by Crippen LogP contribution is 2.71. The van der Waals surface area contributed by atoms with Crippen LogP contribution in [0.15, 0.2) is 70.5 Å². The van der Waals surface area contributed by atoms with Crippen molar-refractivity contribution in [3.8, 4) is 0 Å². The third-order valence-electron chi connectivity index (χ3n) is 6.86. The monoisotopic (exact) mass is 412 g/mol. The number of rotatable bonds is 4. The van der Waals surface area contributed by atoms with Crippen LogP contribution in [0, 0.1) is 23.7 Å². The molecule has 2 aromatic carbocycles. The van der Waals surface area contributed by atoms with E-state index in [-0.39, 0.29) is 10.9 Å². The van der Waals surface area contributed by atoms with Gasteiger partial charge in [-0.15, -0.1) is 0 Å². The van der Waals surface area contributed by atoms with Crippen LogP contribution in [-0.2, 0) is 14.2 Å². The van der Waals surface area contributed by atoms with Crippen molar-refractivity contribution in [2.24, 2.45) is 23.7 Å². The molecule has 4 aliphatic rings. The molecule has 0 N–H and O–H groups in total. The summed E-state index contributed by atoms with van der Waals surface area (Å²) in [6, 6.07) is 21.2. The molecule has 0 bridgehead atoms. The highest BCUT2D eigenvalue weighted by Gasteiger charge is 2.76. The predicted octanol–water partition coefficient (Wildman–Crippen LogP) is 5.61. The Hall–Kier alpha value is -0.980. The van der Waals surface area contributed by atoms with Crippen LogP contribution in [0.4, 0.5) is 0 Å². The quantitative estimate of drug-likeness (QED) is 0.650. The van der Waals surface area contributed by atoms with Crippen LogP contribution in [0.3, 0.4) is 0 Å². The summed E-state index contributed by atoms with van der Waals surface area (Å²) in [4.78, 5) is 2.53. The van der Waals surface area contributed by atoms with Gasteiger partial charge in [0.15, 0.2) is 11.6 Å². The predicted molar refractivity (Wildman–Crippen MR) is 111 cm³/mol. The van der Waals surface area contributed by atoms with Gasteiger partial charge >= 0.3 is 0 Å². The summed E-state index contributed by atoms with van der Waals surface area (Å²) in [5.41, 5.74) is 0.296. The van der Waals surface area contributed by atoms with Gasteiger partial charge in [-0.1, -0.05) is 59.9 Å². The fourth-order valence-corrected chi connectivity index (χ4v) is 8.55. The number of thioether (sulfide) groups is 2. The van der Waals surface area contributed by atoms with Crippen LogP contribution in [0.25, 0.3) is 0 Å². The molecule has 8 atom stereocenters. The number of hydrogen-bond donors (Lipinski definition) is 0. The minimum atomic E-state index is -0.534. The van der Waals surface area contributed by atoms with E-state index in [1.54, 1.807) is 0 Å². The summed E-state index contributed by atoms with van der Waals surface area (Å²) < 4.78 is 19.6. The van der Waals surface area contributed by atoms with Crippen LogP contribution in [0.5, 0.6) is 0 Å². The lowest BCUT2D eigenvalue weighted by atomic mass is 9.83. The normalized spacial score (nSPS) is 45.5. The van der Waals surface area contributed by atoms with E-state index in [2.05, 4.69) is 74.5 Å². The maximum Gasteiger partial charge on any atom is 0.174 e. The lowest BCUT2D eigenvalue weighted by Crippen LogP contribution is -2.36. The summed E-state index contributed by atoms with van der Waals surface area (Å²) in [5.74, 6) is 0.765. The molecule has 0 spiro atoms. The molecule has 6 rings (SSSR count). The van der Waals surface area contributed by atoms with Gasteiger partial charge in [-0.05, 0) is 44.5 Å². The molecule has 0 radical (unpaired) electrons. The van der Waals surface area contributed by atoms with Crippen molar-refractivity contribution in [3.63, 3.8) is 0 Å². The molecule has 0 aromatic heterocycles. The van der Waals surface area contributed by atoms with E-state index in [1.165, 1.54) is 9.79 Å². The summed E-state index contributed by atoms with van der Waals surface area (Å²) >= 11 is 3.69. The van der Waals surface area contributed by atoms with Crippen LogP contribution >= 0.6 is 23.5 Å². The van der Waals surface area contributed by atoms with Crippen LogP contribution in [0.1, 0.15) is 20.3 Å². The summed E-state index contributed by atoms with van der Waals surface area (Å²) in [6.07, 6.45) is 1.15. The Kier molecular flexibility index (Phi) is 3.99. The SMILES string of the molecule is C[C@@]12O[C@@H](Sc3ccccc3)[C@@H]3C[C@H]4[C@@H]([C@@H]31)[C@](C)(O[C@H]4Sc1ccccc1)O2. The van der Waals surface area contributed by atoms with Gasteiger partial charge in [-0.3, -0.25) is 0 Å². The first kappa shape index (κ1) is 17.8. The van der Waals surface area contributed by atoms with Crippen molar-refractivity contribution in [1.29, 1.82) is 0 Å². The summed E-state index contributed by atoms with van der Waals surface area (Å²) in [6.45, 7) is 4.26. The second-order valence-electron chi connectivity index (χ2n) is 8.58. The Balaban J connectivity index is 1.28. The first-order valence-electron chi connectivity index (χ1n) is 10.0. The van der Waals surface area contributed by atoms with Crippen molar-refractivity contribution in [1.82, 2.24) is 0 Å². The van der Waals surface area contributed by atoms with Crippen molar-refractivity contribution in [2.45, 2.75) is 52.5 Å². The lowest BCUT2D eigenvalue weighted by molar-refractivity contribution is -0.299. The van der Waals surface area contributed by atoms with Crippen molar-refractivity contribution in [2.75, 3.05) is 0 Å². The van der Waals surface area contributed by atoms with Gasteiger partial charge in [0.25, 0.3) is 0 Å². The van der Waals surface area contributed by atoms with Crippen LogP contribution in [0.2, 0.25) is 0 Å². The van der Waals surface area contributed by atoms with Crippen molar-refractivity contribution >= 4 is 23.5 Å². The van der Waals surface area contributed by atoms with Gasteiger partial charge in [0.2, 0.25) is 0 Å². The summed E-state index contributed by atoms with van der Waals surface area (Å²) in [7, 11) is 0. The van der Waals surface area contributed by atoms with Crippen molar-refractivity contribution in [3.05, 3.63) is 60.7 Å². The molecule has 3 heterocycles. The van der Waals surface area contributed by atoms with Crippen LogP contribution < -0.4 is 0 Å². The lowest BCUT2D eigenvalue weighted by Gasteiger charge is -2.30. The second-order valence-corrected chi connectivity index (χ2v) is 10.9. The zero-order valence-corrected chi connectivity index (χ0v) is 17.6. The number of hydrogen-bond acceptors (Lipinski definition) is 5. The van der Waals surface area contributed by atoms with Crippen molar-refractivity contribution < 1.29 is 14.2 Å². The molecule has 2 aromatic rings. The van der Waals surface area contributed by atoms with E-state index in [0.717, 1.165) is 6.42 Å². The van der Waals surface area contributed by atoms with Gasteiger partial charge < -0.3 is 14.2 Å². The maximum absolute atomic E-state index is 6.55. The Morgan fingerprint density at radius 3 is 1.57 bits per heavy atom. The molecular formula is C23H24O3S2. The first-order chi connectivity index (χ1) is 13.6. The Bertz CT molecular complexity index is 806. The molecule has 1 aliphatic carbocycles. The van der Waals surface area contributed by atoms with E-state index < -0.39 is 11.6 Å². The molecule has 4 fully saturated rings. The summed E-state index contributed by atoms with van der Waals surface area (Å²) in [5, 5.41) is 0. The fraction of sp³-hybridized carbons (Fsp3) is 0.478. The van der Waals surface area contributed by atoms with E-state index in [9.17, 15) is 0 Å². The molecule has 5 heteroatoms. The first-order valence-corrected chi connectivity index (χ1v) is 11.8. The fourth-order valence-electron chi connectivity index (χ4n) is 6.00. The van der Waals surface area contributed by atoms with Gasteiger partial charge in [0.1, 0.15) is 10.9 Å². The second kappa shape index (κ2) is 6.26. The third-order valence-corrected chi connectivity index (χ3v) is 9.31. The molecule has 146 valence electrons. The van der Waals surface area contributed by atoms with E-state index in [4.69, 9.17) is 14.2 Å². The molecule has 1 saturated carbocycles. The van der Waals surface area contributed by atoms with E-state index >= 15 is 0 Å². The molecular weight excluding hydrogens is 388 g/mol. The van der Waals surface area contributed by atoms with Gasteiger partial charge in [-0.25, -0.2) is 0 Å². The standard InChI is InChI=1S/C23H24O3S2/c1-22-18-16(20(24-22)27-14-9-5-3-6-10-14)13-17-19(18)23(2,26-22)25-21(17)28-15-11-7-4-8-12-15/h3-12,16-21H,13H2,1-2H3/t16-,17+,18-,19+,20-,21-,22+,23-/m0/s1. The molecule has 28 heavy (non-hydrogen) atoms. The maximum atomic E-state index is 6.55. The molecule has 3 nitrogen and oxygen atoms in total. The zero-order chi connectivity index (χ0) is 18.9. The third kappa shape index (κ3) is 2.56. The largest absolute Gasteiger partial charge is 0.335 e. The highest BCUT2D eigenvalue weighted by atomic mass is 32.2.